The first-order chi connectivity index (χ1) is 14.9. The minimum Gasteiger partial charge on any atom is -0.493 e. The number of piperidine rings is 1. The molecule has 166 valence electrons. The molecule has 1 saturated heterocycles. The number of aromatic amines is 1. The monoisotopic (exact) mass is 443 g/mol. The average molecular weight is 444 g/mol. The molecule has 0 atom stereocenters. The van der Waals surface area contributed by atoms with Crippen LogP contribution in [0.3, 0.4) is 0 Å². The second kappa shape index (κ2) is 8.74. The predicted octanol–water partition coefficient (Wildman–Crippen LogP) is 4.25. The standard InChI is InChI=1S/C22H29N5O3S/c1-13(2)19-21(28)27(22(31)25-19)11-14-5-7-26(8-6-14)20-15-9-17(29-3)18(30-4)10-16(15)23-12-24-20/h9-10,12-14,28H,5-8,11H2,1-4H3,(H,25,31). The second-order valence-corrected chi connectivity index (χ2v) is 8.67. The number of benzene rings is 1. The predicted molar refractivity (Wildman–Crippen MR) is 123 cm³/mol. The molecule has 0 amide bonds. The first kappa shape index (κ1) is 21.4. The van der Waals surface area contributed by atoms with Gasteiger partial charge in [0.05, 0.1) is 25.4 Å². The fraction of sp³-hybridized carbons (Fsp3) is 0.500. The van der Waals surface area contributed by atoms with E-state index in [0.717, 1.165) is 54.9 Å². The van der Waals surface area contributed by atoms with E-state index in [4.69, 9.17) is 21.7 Å². The van der Waals surface area contributed by atoms with Crippen LogP contribution in [0.5, 0.6) is 17.4 Å². The third-order valence-corrected chi connectivity index (χ3v) is 6.36. The molecule has 2 aromatic heterocycles. The highest BCUT2D eigenvalue weighted by Gasteiger charge is 2.24. The van der Waals surface area contributed by atoms with E-state index >= 15 is 0 Å². The van der Waals surface area contributed by atoms with E-state index in [1.54, 1.807) is 20.5 Å². The molecule has 0 bridgehead atoms. The van der Waals surface area contributed by atoms with Gasteiger partial charge in [0.2, 0.25) is 5.88 Å². The zero-order chi connectivity index (χ0) is 22.1. The molecular formula is C22H29N5O3S. The topological polar surface area (TPSA) is 88.4 Å². The Labute approximate surface area is 186 Å². The Morgan fingerprint density at radius 2 is 1.84 bits per heavy atom. The molecular weight excluding hydrogens is 414 g/mol. The molecule has 1 aliphatic heterocycles. The van der Waals surface area contributed by atoms with Crippen molar-refractivity contribution >= 4 is 28.9 Å². The summed E-state index contributed by atoms with van der Waals surface area (Å²) in [6, 6.07) is 3.83. The summed E-state index contributed by atoms with van der Waals surface area (Å²) in [7, 11) is 3.25. The molecule has 0 unspecified atom stereocenters. The van der Waals surface area contributed by atoms with E-state index < -0.39 is 0 Å². The van der Waals surface area contributed by atoms with E-state index in [2.05, 4.69) is 19.9 Å². The van der Waals surface area contributed by atoms with E-state index in [1.165, 1.54) is 0 Å². The van der Waals surface area contributed by atoms with Gasteiger partial charge >= 0.3 is 0 Å². The van der Waals surface area contributed by atoms with Crippen LogP contribution in [-0.4, -0.2) is 51.9 Å². The molecule has 2 N–H and O–H groups in total. The number of rotatable bonds is 6. The first-order valence-corrected chi connectivity index (χ1v) is 11.0. The molecule has 0 spiro atoms. The lowest BCUT2D eigenvalue weighted by Crippen LogP contribution is -2.35. The summed E-state index contributed by atoms with van der Waals surface area (Å²) in [5.41, 5.74) is 1.63. The third-order valence-electron chi connectivity index (χ3n) is 6.04. The van der Waals surface area contributed by atoms with Crippen molar-refractivity contribution in [2.45, 2.75) is 39.2 Å². The molecule has 0 radical (unpaired) electrons. The van der Waals surface area contributed by atoms with E-state index in [0.29, 0.717) is 22.2 Å². The fourth-order valence-corrected chi connectivity index (χ4v) is 4.53. The smallest absolute Gasteiger partial charge is 0.213 e. The van der Waals surface area contributed by atoms with Gasteiger partial charge in [-0.2, -0.15) is 0 Å². The van der Waals surface area contributed by atoms with Gasteiger partial charge in [-0.25, -0.2) is 9.97 Å². The lowest BCUT2D eigenvalue weighted by molar-refractivity contribution is 0.325. The van der Waals surface area contributed by atoms with Crippen molar-refractivity contribution in [1.82, 2.24) is 19.5 Å². The number of aromatic hydroxyl groups is 1. The minimum atomic E-state index is 0.200. The molecule has 3 aromatic rings. The summed E-state index contributed by atoms with van der Waals surface area (Å²) < 4.78 is 13.3. The van der Waals surface area contributed by atoms with Crippen LogP contribution in [0.4, 0.5) is 5.82 Å². The van der Waals surface area contributed by atoms with Gasteiger partial charge in [-0.3, -0.25) is 4.57 Å². The largest absolute Gasteiger partial charge is 0.493 e. The van der Waals surface area contributed by atoms with Gasteiger partial charge < -0.3 is 24.5 Å². The van der Waals surface area contributed by atoms with Gasteiger partial charge in [0.1, 0.15) is 12.1 Å². The zero-order valence-corrected chi connectivity index (χ0v) is 19.2. The highest BCUT2D eigenvalue weighted by molar-refractivity contribution is 7.71. The number of H-pyrrole nitrogens is 1. The molecule has 1 aromatic carbocycles. The van der Waals surface area contributed by atoms with Crippen molar-refractivity contribution < 1.29 is 14.6 Å². The van der Waals surface area contributed by atoms with Gasteiger partial charge in [0, 0.05) is 31.1 Å². The Hall–Kier alpha value is -2.81. The Bertz CT molecular complexity index is 1130. The Balaban J connectivity index is 1.52. The van der Waals surface area contributed by atoms with Gasteiger partial charge in [-0.05, 0) is 43.0 Å². The van der Waals surface area contributed by atoms with Crippen molar-refractivity contribution in [3.63, 3.8) is 0 Å². The van der Waals surface area contributed by atoms with Crippen molar-refractivity contribution in [1.29, 1.82) is 0 Å². The summed E-state index contributed by atoms with van der Waals surface area (Å²) in [6.45, 7) is 6.55. The van der Waals surface area contributed by atoms with Gasteiger partial charge in [-0.1, -0.05) is 13.8 Å². The second-order valence-electron chi connectivity index (χ2n) is 8.28. The first-order valence-electron chi connectivity index (χ1n) is 10.6. The van der Waals surface area contributed by atoms with Gasteiger partial charge in [-0.15, -0.1) is 0 Å². The number of hydrogen-bond acceptors (Lipinski definition) is 7. The fourth-order valence-electron chi connectivity index (χ4n) is 4.26. The summed E-state index contributed by atoms with van der Waals surface area (Å²) in [4.78, 5) is 14.4. The lowest BCUT2D eigenvalue weighted by atomic mass is 9.96. The Morgan fingerprint density at radius 1 is 1.16 bits per heavy atom. The number of methoxy groups -OCH3 is 2. The molecule has 4 rings (SSSR count). The van der Waals surface area contributed by atoms with Crippen LogP contribution in [0.15, 0.2) is 18.5 Å². The number of fused-ring (bicyclic) bond motifs is 1. The summed E-state index contributed by atoms with van der Waals surface area (Å²) in [5, 5.41) is 11.5. The number of imidazole rings is 1. The number of aromatic nitrogens is 4. The molecule has 1 fully saturated rings. The summed E-state index contributed by atoms with van der Waals surface area (Å²) >= 11 is 5.44. The van der Waals surface area contributed by atoms with Crippen molar-refractivity contribution in [3.05, 3.63) is 28.9 Å². The van der Waals surface area contributed by atoms with Crippen LogP contribution in [0.2, 0.25) is 0 Å². The highest BCUT2D eigenvalue weighted by Crippen LogP contribution is 2.36. The maximum atomic E-state index is 10.6. The molecule has 8 nitrogen and oxygen atoms in total. The van der Waals surface area contributed by atoms with Crippen LogP contribution in [0, 0.1) is 10.7 Å². The van der Waals surface area contributed by atoms with Gasteiger partial charge in [0.15, 0.2) is 16.3 Å². The Kier molecular flexibility index (Phi) is 6.04. The number of hydrogen-bond donors (Lipinski definition) is 2. The minimum absolute atomic E-state index is 0.200. The molecule has 0 aliphatic carbocycles. The summed E-state index contributed by atoms with van der Waals surface area (Å²) in [5.74, 6) is 3.14. The van der Waals surface area contributed by atoms with E-state index in [9.17, 15) is 5.11 Å². The molecule has 9 heteroatoms. The average Bonchev–Trinajstić information content (AvgIpc) is 3.06. The van der Waals surface area contributed by atoms with Crippen LogP contribution < -0.4 is 14.4 Å². The molecule has 31 heavy (non-hydrogen) atoms. The van der Waals surface area contributed by atoms with Crippen molar-refractivity contribution in [2.75, 3.05) is 32.2 Å². The van der Waals surface area contributed by atoms with Crippen LogP contribution in [0.1, 0.15) is 38.3 Å². The normalized spacial score (nSPS) is 15.1. The quantitative estimate of drug-likeness (QED) is 0.551. The number of ether oxygens (including phenoxy) is 2. The maximum absolute atomic E-state index is 10.6. The van der Waals surface area contributed by atoms with Crippen molar-refractivity contribution in [3.8, 4) is 17.4 Å². The number of anilines is 1. The van der Waals surface area contributed by atoms with Crippen LogP contribution >= 0.6 is 12.2 Å². The molecule has 0 saturated carbocycles. The maximum Gasteiger partial charge on any atom is 0.213 e. The molecule has 3 heterocycles. The van der Waals surface area contributed by atoms with Gasteiger partial charge in [0.25, 0.3) is 0 Å². The number of nitrogens with one attached hydrogen (secondary N) is 1. The zero-order valence-electron chi connectivity index (χ0n) is 18.4. The van der Waals surface area contributed by atoms with Crippen LogP contribution in [-0.2, 0) is 6.54 Å². The Morgan fingerprint density at radius 3 is 2.45 bits per heavy atom. The summed E-state index contributed by atoms with van der Waals surface area (Å²) in [6.07, 6.45) is 3.57. The van der Waals surface area contributed by atoms with Crippen molar-refractivity contribution in [2.24, 2.45) is 5.92 Å². The lowest BCUT2D eigenvalue weighted by Gasteiger charge is -2.33. The number of nitrogens with zero attached hydrogens (tertiary/aromatic N) is 4. The third kappa shape index (κ3) is 4.06. The SMILES string of the molecule is COc1cc2ncnc(N3CCC(Cn4c(O)c(C(C)C)[nH]c4=S)CC3)c2cc1OC. The highest BCUT2D eigenvalue weighted by atomic mass is 32.1. The van der Waals surface area contributed by atoms with E-state index in [-0.39, 0.29) is 11.8 Å². The van der Waals surface area contributed by atoms with Crippen LogP contribution in [0.25, 0.3) is 10.9 Å². The molecule has 1 aliphatic rings. The van der Waals surface area contributed by atoms with E-state index in [1.807, 2.05) is 30.5 Å².